The molecule has 0 atom stereocenters. The zero-order valence-electron chi connectivity index (χ0n) is 14.5. The van der Waals surface area contributed by atoms with Crippen molar-refractivity contribution in [2.45, 2.75) is 25.3 Å². The van der Waals surface area contributed by atoms with E-state index < -0.39 is 10.0 Å². The third-order valence-corrected chi connectivity index (χ3v) is 6.07. The topological polar surface area (TPSA) is 75.9 Å². The highest BCUT2D eigenvalue weighted by Gasteiger charge is 2.28. The lowest BCUT2D eigenvalue weighted by Crippen LogP contribution is -2.48. The van der Waals surface area contributed by atoms with Crippen molar-refractivity contribution in [2.75, 3.05) is 32.8 Å². The summed E-state index contributed by atoms with van der Waals surface area (Å²) in [5, 5.41) is 3.88. The normalized spacial score (nSPS) is 16.9. The molecule has 1 aromatic carbocycles. The SMILES string of the molecule is CCOc1ccc(S(=O)(=O)N2CCN(Cc3cc(C)no3)CC2)cc1. The number of hydrogen-bond donors (Lipinski definition) is 0. The lowest BCUT2D eigenvalue weighted by atomic mass is 10.3. The number of benzene rings is 1. The van der Waals surface area contributed by atoms with Gasteiger partial charge in [0.2, 0.25) is 10.0 Å². The number of nitrogens with zero attached hydrogens (tertiary/aromatic N) is 3. The van der Waals surface area contributed by atoms with Gasteiger partial charge in [-0.15, -0.1) is 0 Å². The summed E-state index contributed by atoms with van der Waals surface area (Å²) in [6.45, 7) is 7.23. The molecule has 0 radical (unpaired) electrons. The summed E-state index contributed by atoms with van der Waals surface area (Å²) in [4.78, 5) is 2.47. The van der Waals surface area contributed by atoms with Gasteiger partial charge < -0.3 is 9.26 Å². The van der Waals surface area contributed by atoms with E-state index in [1.807, 2.05) is 19.9 Å². The molecule has 8 heteroatoms. The molecule has 1 fully saturated rings. The minimum atomic E-state index is -3.47. The van der Waals surface area contributed by atoms with E-state index in [0.29, 0.717) is 50.0 Å². The van der Waals surface area contributed by atoms with Gasteiger partial charge >= 0.3 is 0 Å². The van der Waals surface area contributed by atoms with Crippen LogP contribution < -0.4 is 4.74 Å². The summed E-state index contributed by atoms with van der Waals surface area (Å²) in [5.74, 6) is 1.48. The van der Waals surface area contributed by atoms with Gasteiger partial charge in [0, 0.05) is 32.2 Å². The van der Waals surface area contributed by atoms with E-state index in [9.17, 15) is 8.42 Å². The molecule has 0 unspecified atom stereocenters. The number of sulfonamides is 1. The Kier molecular flexibility index (Phi) is 5.41. The van der Waals surface area contributed by atoms with Gasteiger partial charge in [0.25, 0.3) is 0 Å². The quantitative estimate of drug-likeness (QED) is 0.778. The molecule has 3 rings (SSSR count). The Labute approximate surface area is 148 Å². The highest BCUT2D eigenvalue weighted by molar-refractivity contribution is 7.89. The number of ether oxygens (including phenoxy) is 1. The van der Waals surface area contributed by atoms with Crippen LogP contribution >= 0.6 is 0 Å². The van der Waals surface area contributed by atoms with Crippen molar-refractivity contribution >= 4 is 10.0 Å². The van der Waals surface area contributed by atoms with Crippen molar-refractivity contribution in [2.24, 2.45) is 0 Å². The summed E-state index contributed by atoms with van der Waals surface area (Å²) in [7, 11) is -3.47. The number of aromatic nitrogens is 1. The zero-order valence-corrected chi connectivity index (χ0v) is 15.3. The summed E-state index contributed by atoms with van der Waals surface area (Å²) < 4.78 is 37.6. The van der Waals surface area contributed by atoms with Gasteiger partial charge in [-0.25, -0.2) is 8.42 Å². The zero-order chi connectivity index (χ0) is 17.9. The second-order valence-corrected chi connectivity index (χ2v) is 7.96. The number of rotatable bonds is 6. The van der Waals surface area contributed by atoms with Crippen LogP contribution in [0.1, 0.15) is 18.4 Å². The fourth-order valence-electron chi connectivity index (χ4n) is 2.86. The van der Waals surface area contributed by atoms with E-state index in [-0.39, 0.29) is 0 Å². The molecule has 2 aromatic rings. The molecule has 2 heterocycles. The van der Waals surface area contributed by atoms with Crippen molar-refractivity contribution in [3.05, 3.63) is 41.8 Å². The Hall–Kier alpha value is -1.90. The lowest BCUT2D eigenvalue weighted by molar-refractivity contribution is 0.166. The van der Waals surface area contributed by atoms with Gasteiger partial charge in [0.05, 0.1) is 23.7 Å². The van der Waals surface area contributed by atoms with Crippen molar-refractivity contribution in [1.82, 2.24) is 14.4 Å². The molecule has 0 saturated carbocycles. The van der Waals surface area contributed by atoms with Gasteiger partial charge in [-0.3, -0.25) is 4.90 Å². The maximum absolute atomic E-state index is 12.8. The van der Waals surface area contributed by atoms with Gasteiger partial charge in [0.1, 0.15) is 5.75 Å². The fraction of sp³-hybridized carbons (Fsp3) is 0.471. The minimum absolute atomic E-state index is 0.301. The Balaban J connectivity index is 1.60. The molecule has 0 amide bonds. The molecule has 1 saturated heterocycles. The highest BCUT2D eigenvalue weighted by Crippen LogP contribution is 2.21. The van der Waals surface area contributed by atoms with Crippen LogP contribution in [0.3, 0.4) is 0 Å². The average Bonchev–Trinajstić information content (AvgIpc) is 3.01. The first-order chi connectivity index (χ1) is 12.0. The number of piperazine rings is 1. The van der Waals surface area contributed by atoms with Crippen molar-refractivity contribution < 1.29 is 17.7 Å². The maximum Gasteiger partial charge on any atom is 0.243 e. The first kappa shape index (κ1) is 17.9. The molecule has 0 bridgehead atoms. The number of hydrogen-bond acceptors (Lipinski definition) is 6. The summed E-state index contributed by atoms with van der Waals surface area (Å²) in [6, 6.07) is 8.49. The first-order valence-electron chi connectivity index (χ1n) is 8.36. The Morgan fingerprint density at radius 1 is 1.16 bits per heavy atom. The fourth-order valence-corrected chi connectivity index (χ4v) is 4.28. The molecule has 1 aliphatic heterocycles. The Bertz CT molecular complexity index is 794. The molecule has 1 aromatic heterocycles. The van der Waals surface area contributed by atoms with E-state index in [2.05, 4.69) is 10.1 Å². The third-order valence-electron chi connectivity index (χ3n) is 4.16. The summed E-state index contributed by atoms with van der Waals surface area (Å²) in [6.07, 6.45) is 0. The van der Waals surface area contributed by atoms with E-state index in [1.165, 1.54) is 4.31 Å². The standard InChI is InChI=1S/C17H23N3O4S/c1-3-23-15-4-6-17(7-5-15)25(21,22)20-10-8-19(9-11-20)13-16-12-14(2)18-24-16/h4-7,12H,3,8-11,13H2,1-2H3. The number of aryl methyl sites for hydroxylation is 1. The van der Waals surface area contributed by atoms with Crippen LogP contribution in [0.5, 0.6) is 5.75 Å². The molecule has 0 spiro atoms. The smallest absolute Gasteiger partial charge is 0.243 e. The van der Waals surface area contributed by atoms with Gasteiger partial charge in [-0.1, -0.05) is 5.16 Å². The van der Waals surface area contributed by atoms with E-state index in [0.717, 1.165) is 11.5 Å². The van der Waals surface area contributed by atoms with Crippen LogP contribution in [-0.2, 0) is 16.6 Å². The summed E-state index contributed by atoms with van der Waals surface area (Å²) in [5.41, 5.74) is 0.853. The van der Waals surface area contributed by atoms with Crippen LogP contribution in [0.25, 0.3) is 0 Å². The molecular weight excluding hydrogens is 342 g/mol. The average molecular weight is 365 g/mol. The molecule has 0 aliphatic carbocycles. The third kappa shape index (κ3) is 4.20. The van der Waals surface area contributed by atoms with Crippen LogP contribution in [0.15, 0.2) is 39.8 Å². The lowest BCUT2D eigenvalue weighted by Gasteiger charge is -2.33. The van der Waals surface area contributed by atoms with Gasteiger partial charge in [-0.05, 0) is 38.1 Å². The van der Waals surface area contributed by atoms with E-state index in [1.54, 1.807) is 24.3 Å². The van der Waals surface area contributed by atoms with E-state index in [4.69, 9.17) is 9.26 Å². The van der Waals surface area contributed by atoms with Crippen LogP contribution in [0.2, 0.25) is 0 Å². The Morgan fingerprint density at radius 2 is 1.84 bits per heavy atom. The van der Waals surface area contributed by atoms with Crippen molar-refractivity contribution in [3.63, 3.8) is 0 Å². The van der Waals surface area contributed by atoms with Gasteiger partial charge in [0.15, 0.2) is 5.76 Å². The van der Waals surface area contributed by atoms with Crippen molar-refractivity contribution in [3.8, 4) is 5.75 Å². The molecule has 7 nitrogen and oxygen atoms in total. The predicted molar refractivity (Wildman–Crippen MR) is 92.9 cm³/mol. The minimum Gasteiger partial charge on any atom is -0.494 e. The van der Waals surface area contributed by atoms with Crippen LogP contribution in [-0.4, -0.2) is 55.6 Å². The molecular formula is C17H23N3O4S. The largest absolute Gasteiger partial charge is 0.494 e. The second-order valence-electron chi connectivity index (χ2n) is 6.02. The highest BCUT2D eigenvalue weighted by atomic mass is 32.2. The molecule has 25 heavy (non-hydrogen) atoms. The van der Waals surface area contributed by atoms with E-state index >= 15 is 0 Å². The van der Waals surface area contributed by atoms with Crippen LogP contribution in [0.4, 0.5) is 0 Å². The molecule has 1 aliphatic rings. The Morgan fingerprint density at radius 3 is 2.40 bits per heavy atom. The monoisotopic (exact) mass is 365 g/mol. The maximum atomic E-state index is 12.8. The van der Waals surface area contributed by atoms with Gasteiger partial charge in [-0.2, -0.15) is 4.31 Å². The van der Waals surface area contributed by atoms with Crippen molar-refractivity contribution in [1.29, 1.82) is 0 Å². The predicted octanol–water partition coefficient (Wildman–Crippen LogP) is 1.89. The second kappa shape index (κ2) is 7.55. The molecule has 0 N–H and O–H groups in total. The van der Waals surface area contributed by atoms with Crippen LogP contribution in [0, 0.1) is 6.92 Å². The summed E-state index contributed by atoms with van der Waals surface area (Å²) >= 11 is 0. The first-order valence-corrected chi connectivity index (χ1v) is 9.80. The molecule has 136 valence electrons.